The van der Waals surface area contributed by atoms with Crippen LogP contribution in [0.15, 0.2) is 36.5 Å². The number of carbonyl (C=O) groups is 2. The third-order valence-corrected chi connectivity index (χ3v) is 9.44. The number of nitrogens with one attached hydrogen (secondary N) is 2. The first kappa shape index (κ1) is 27.6. The molecule has 1 aromatic carbocycles. The Kier molecular flexibility index (Phi) is 7.90. The van der Waals surface area contributed by atoms with Gasteiger partial charge in [0.25, 0.3) is 11.8 Å². The molecule has 2 saturated heterocycles. The van der Waals surface area contributed by atoms with Gasteiger partial charge < -0.3 is 26.2 Å². The van der Waals surface area contributed by atoms with E-state index in [2.05, 4.69) is 55.9 Å². The van der Waals surface area contributed by atoms with Crippen LogP contribution in [0.3, 0.4) is 0 Å². The number of rotatable bonds is 8. The summed E-state index contributed by atoms with van der Waals surface area (Å²) in [6.07, 6.45) is 8.01. The van der Waals surface area contributed by atoms with Gasteiger partial charge in [-0.3, -0.25) is 9.59 Å². The molecule has 2 atom stereocenters. The Morgan fingerprint density at radius 2 is 1.78 bits per heavy atom. The minimum absolute atomic E-state index is 0.0144. The number of likely N-dealkylation sites (tertiary alicyclic amines) is 1. The molecule has 216 valence electrons. The summed E-state index contributed by atoms with van der Waals surface area (Å²) in [7, 11) is 2.15. The van der Waals surface area contributed by atoms with Crippen molar-refractivity contribution in [3.63, 3.8) is 0 Å². The number of nitrogens with zero attached hydrogens (tertiary/aromatic N) is 5. The number of piperidine rings is 2. The Morgan fingerprint density at radius 1 is 1.02 bits per heavy atom. The minimum atomic E-state index is -0.642. The Labute approximate surface area is 244 Å². The Bertz CT molecular complexity index is 1400. The lowest BCUT2D eigenvalue weighted by molar-refractivity contribution is 0.0923. The van der Waals surface area contributed by atoms with E-state index in [9.17, 15) is 9.59 Å². The number of hydrogen-bond donors (Lipinski definition) is 3. The molecule has 1 saturated carbocycles. The van der Waals surface area contributed by atoms with Crippen molar-refractivity contribution in [2.24, 2.45) is 5.73 Å². The average molecular weight is 575 g/mol. The molecule has 4 heterocycles. The molecule has 6 rings (SSSR count). The van der Waals surface area contributed by atoms with Crippen LogP contribution in [0.5, 0.6) is 0 Å². The molecule has 0 spiro atoms. The minimum Gasteiger partial charge on any atom is -0.364 e. The number of aromatic nitrogens is 3. The average Bonchev–Trinajstić information content (AvgIpc) is 3.73. The van der Waals surface area contributed by atoms with Gasteiger partial charge in [0.05, 0.1) is 11.9 Å². The molecular formula is C30H38N8O2S. The lowest BCUT2D eigenvalue weighted by atomic mass is 9.94. The quantitative estimate of drug-likeness (QED) is 0.364. The van der Waals surface area contributed by atoms with Gasteiger partial charge in [-0.05, 0) is 107 Å². The molecule has 2 aromatic heterocycles. The Hall–Kier alpha value is -3.57. The monoisotopic (exact) mass is 574 g/mol. The highest BCUT2D eigenvalue weighted by molar-refractivity contribution is 7.10. The lowest BCUT2D eigenvalue weighted by Crippen LogP contribution is -2.54. The van der Waals surface area contributed by atoms with Crippen molar-refractivity contribution in [3.8, 4) is 0 Å². The number of carbonyl (C=O) groups excluding carboxylic acids is 2. The summed E-state index contributed by atoms with van der Waals surface area (Å²) in [4.78, 5) is 39.0. The zero-order valence-electron chi connectivity index (χ0n) is 23.7. The zero-order valence-corrected chi connectivity index (χ0v) is 24.5. The van der Waals surface area contributed by atoms with Gasteiger partial charge in [-0.1, -0.05) is 12.1 Å². The molecule has 11 heteroatoms. The van der Waals surface area contributed by atoms with Crippen LogP contribution in [-0.2, 0) is 0 Å². The summed E-state index contributed by atoms with van der Waals surface area (Å²) < 4.78 is 4.68. The zero-order chi connectivity index (χ0) is 28.5. The number of benzene rings is 1. The fourth-order valence-electron chi connectivity index (χ4n) is 5.98. The van der Waals surface area contributed by atoms with E-state index < -0.39 is 5.91 Å². The van der Waals surface area contributed by atoms with Crippen molar-refractivity contribution >= 4 is 40.0 Å². The van der Waals surface area contributed by atoms with Crippen LogP contribution < -0.4 is 21.3 Å². The normalized spacial score (nSPS) is 22.0. The van der Waals surface area contributed by atoms with E-state index in [0.29, 0.717) is 29.0 Å². The Balaban J connectivity index is 1.16. The van der Waals surface area contributed by atoms with Crippen LogP contribution >= 0.6 is 11.5 Å². The predicted octanol–water partition coefficient (Wildman–Crippen LogP) is 4.25. The number of hydrogen-bond acceptors (Lipinski definition) is 9. The largest absolute Gasteiger partial charge is 0.364 e. The maximum atomic E-state index is 13.1. The molecule has 2 amide bonds. The van der Waals surface area contributed by atoms with Gasteiger partial charge in [0, 0.05) is 30.1 Å². The second-order valence-electron chi connectivity index (χ2n) is 11.7. The summed E-state index contributed by atoms with van der Waals surface area (Å²) in [5.74, 6) is 1.35. The third kappa shape index (κ3) is 6.20. The van der Waals surface area contributed by atoms with E-state index in [-0.39, 0.29) is 23.7 Å². The van der Waals surface area contributed by atoms with Crippen molar-refractivity contribution in [1.82, 2.24) is 24.6 Å². The molecule has 1 aliphatic carbocycles. The first-order valence-electron chi connectivity index (χ1n) is 14.6. The number of anilines is 3. The standard InChI is InChI=1S/C30H38N8O2S/c1-18-23(33-30(40)22-9-7-20(8-10-22)19-5-6-19)4-3-13-38(18)25-17-32-27(28(31)39)29(34-25)35-26-16-24(36-41-26)21-11-14-37(2)15-12-21/h7-10,16-19,21,23H,3-6,11-15H2,1-2H3,(H2,31,39)(H,33,40)(H,34,35)/t18?,23-/m0/s1. The van der Waals surface area contributed by atoms with E-state index in [1.54, 1.807) is 6.20 Å². The van der Waals surface area contributed by atoms with Gasteiger partial charge in [-0.25, -0.2) is 9.97 Å². The second-order valence-corrected chi connectivity index (χ2v) is 12.5. The van der Waals surface area contributed by atoms with Crippen molar-refractivity contribution in [2.45, 2.75) is 69.4 Å². The van der Waals surface area contributed by atoms with Crippen LogP contribution in [0.25, 0.3) is 0 Å². The van der Waals surface area contributed by atoms with E-state index in [1.165, 1.54) is 29.9 Å². The topological polar surface area (TPSA) is 129 Å². The maximum absolute atomic E-state index is 13.1. The van der Waals surface area contributed by atoms with Crippen LogP contribution in [0, 0.1) is 0 Å². The van der Waals surface area contributed by atoms with E-state index >= 15 is 0 Å². The summed E-state index contributed by atoms with van der Waals surface area (Å²) in [6.45, 7) is 4.99. The SMILES string of the molecule is CC1[C@@H](NC(=O)c2ccc(C3CC3)cc2)CCCN1c1cnc(C(N)=O)c(Nc2cc(C3CCN(C)CC3)ns2)n1. The highest BCUT2D eigenvalue weighted by Gasteiger charge is 2.31. The van der Waals surface area contributed by atoms with Crippen LogP contribution in [-0.4, -0.2) is 69.8 Å². The molecule has 3 fully saturated rings. The second kappa shape index (κ2) is 11.7. The fourth-order valence-corrected chi connectivity index (χ4v) is 6.70. The number of amides is 2. The van der Waals surface area contributed by atoms with Gasteiger partial charge in [-0.15, -0.1) is 0 Å². The molecule has 0 bridgehead atoms. The van der Waals surface area contributed by atoms with Gasteiger partial charge in [0.1, 0.15) is 10.8 Å². The first-order chi connectivity index (χ1) is 19.9. The van der Waals surface area contributed by atoms with Gasteiger partial charge >= 0.3 is 0 Å². The molecule has 2 aliphatic heterocycles. The van der Waals surface area contributed by atoms with Crippen LogP contribution in [0.1, 0.15) is 89.4 Å². The highest BCUT2D eigenvalue weighted by Crippen LogP contribution is 2.40. The van der Waals surface area contributed by atoms with Crippen molar-refractivity contribution < 1.29 is 9.59 Å². The summed E-state index contributed by atoms with van der Waals surface area (Å²) >= 11 is 1.36. The molecular weight excluding hydrogens is 536 g/mol. The molecule has 3 aliphatic rings. The summed E-state index contributed by atoms with van der Waals surface area (Å²) in [6, 6.07) is 9.99. The van der Waals surface area contributed by atoms with Gasteiger partial charge in [0.2, 0.25) is 0 Å². The predicted molar refractivity (Wildman–Crippen MR) is 161 cm³/mol. The van der Waals surface area contributed by atoms with Crippen molar-refractivity contribution in [2.75, 3.05) is 36.9 Å². The van der Waals surface area contributed by atoms with Gasteiger partial charge in [0.15, 0.2) is 11.5 Å². The van der Waals surface area contributed by atoms with Crippen molar-refractivity contribution in [3.05, 3.63) is 59.0 Å². The van der Waals surface area contributed by atoms with E-state index in [0.717, 1.165) is 56.0 Å². The third-order valence-electron chi connectivity index (χ3n) is 8.72. The fraction of sp³-hybridized carbons (Fsp3) is 0.500. The molecule has 10 nitrogen and oxygen atoms in total. The van der Waals surface area contributed by atoms with E-state index in [4.69, 9.17) is 10.7 Å². The maximum Gasteiger partial charge on any atom is 0.271 e. The Morgan fingerprint density at radius 3 is 2.49 bits per heavy atom. The molecule has 41 heavy (non-hydrogen) atoms. The van der Waals surface area contributed by atoms with E-state index in [1.807, 2.05) is 18.2 Å². The van der Waals surface area contributed by atoms with Crippen molar-refractivity contribution in [1.29, 1.82) is 0 Å². The lowest BCUT2D eigenvalue weighted by Gasteiger charge is -2.40. The molecule has 1 unspecified atom stereocenters. The first-order valence-corrected chi connectivity index (χ1v) is 15.4. The highest BCUT2D eigenvalue weighted by atomic mass is 32.1. The summed E-state index contributed by atoms with van der Waals surface area (Å²) in [5.41, 5.74) is 8.82. The van der Waals surface area contributed by atoms with Crippen LogP contribution in [0.4, 0.5) is 16.6 Å². The van der Waals surface area contributed by atoms with Gasteiger partial charge in [-0.2, -0.15) is 4.37 Å². The molecule has 4 N–H and O–H groups in total. The van der Waals surface area contributed by atoms with Crippen LogP contribution in [0.2, 0.25) is 0 Å². The summed E-state index contributed by atoms with van der Waals surface area (Å²) in [5, 5.41) is 7.32. The smallest absolute Gasteiger partial charge is 0.271 e. The number of primary amides is 1. The number of nitrogens with two attached hydrogens (primary N) is 1. The molecule has 3 aromatic rings. The molecule has 0 radical (unpaired) electrons.